The van der Waals surface area contributed by atoms with Crippen molar-refractivity contribution in [2.75, 3.05) is 0 Å². The van der Waals surface area contributed by atoms with Crippen LogP contribution in [0.5, 0.6) is 0 Å². The highest BCUT2D eigenvalue weighted by atomic mass is 32.2. The van der Waals surface area contributed by atoms with Gasteiger partial charge in [-0.2, -0.15) is 13.2 Å². The van der Waals surface area contributed by atoms with Crippen LogP contribution in [-0.4, -0.2) is 15.8 Å². The van der Waals surface area contributed by atoms with Crippen LogP contribution in [0.15, 0.2) is 29.2 Å². The van der Waals surface area contributed by atoms with Gasteiger partial charge in [0.05, 0.1) is 12.0 Å². The van der Waals surface area contributed by atoms with Crippen molar-refractivity contribution < 1.29 is 23.1 Å². The van der Waals surface area contributed by atoms with Crippen LogP contribution < -0.4 is 0 Å². The Hall–Kier alpha value is -1.17. The van der Waals surface area contributed by atoms with Crippen molar-refractivity contribution in [2.24, 2.45) is 0 Å². The molecule has 1 N–H and O–H groups in total. The molecule has 1 rings (SSSR count). The number of hydrogen-bond acceptors (Lipinski definition) is 2. The van der Waals surface area contributed by atoms with E-state index in [-0.39, 0.29) is 6.42 Å². The van der Waals surface area contributed by atoms with E-state index in [4.69, 9.17) is 5.11 Å². The fraction of sp³-hybridized carbons (Fsp3) is 0.417. The van der Waals surface area contributed by atoms with Gasteiger partial charge >= 0.3 is 12.1 Å². The standard InChI is InChI=1S/C12H13F3O2S/c1-11(2,7-10(16)17)18-9-5-3-4-8(6-9)12(13,14)15/h3-6H,7H2,1-2H3,(H,16,17). The first-order valence-corrected chi connectivity index (χ1v) is 6.00. The normalized spacial score (nSPS) is 12.5. The summed E-state index contributed by atoms with van der Waals surface area (Å²) in [6, 6.07) is 4.90. The molecule has 0 fully saturated rings. The molecule has 1 aromatic carbocycles. The van der Waals surface area contributed by atoms with Crippen LogP contribution in [-0.2, 0) is 11.0 Å². The minimum absolute atomic E-state index is 0.117. The van der Waals surface area contributed by atoms with Crippen molar-refractivity contribution >= 4 is 17.7 Å². The quantitative estimate of drug-likeness (QED) is 0.844. The zero-order valence-electron chi connectivity index (χ0n) is 9.91. The molecular formula is C12H13F3O2S. The minimum atomic E-state index is -4.38. The van der Waals surface area contributed by atoms with E-state index in [0.717, 1.165) is 23.9 Å². The average molecular weight is 278 g/mol. The molecule has 2 nitrogen and oxygen atoms in total. The summed E-state index contributed by atoms with van der Waals surface area (Å²) in [5.41, 5.74) is -0.723. The number of rotatable bonds is 4. The van der Waals surface area contributed by atoms with E-state index in [2.05, 4.69) is 0 Å². The molecule has 100 valence electrons. The molecule has 0 aromatic heterocycles. The molecule has 0 aliphatic carbocycles. The summed E-state index contributed by atoms with van der Waals surface area (Å²) in [4.78, 5) is 11.1. The number of halogens is 3. The minimum Gasteiger partial charge on any atom is -0.481 e. The van der Waals surface area contributed by atoms with Gasteiger partial charge in [0, 0.05) is 9.64 Å². The number of carbonyl (C=O) groups is 1. The van der Waals surface area contributed by atoms with Crippen LogP contribution in [0.1, 0.15) is 25.8 Å². The Morgan fingerprint density at radius 3 is 2.44 bits per heavy atom. The molecule has 18 heavy (non-hydrogen) atoms. The lowest BCUT2D eigenvalue weighted by Gasteiger charge is -2.22. The Morgan fingerprint density at radius 2 is 1.94 bits per heavy atom. The molecule has 0 amide bonds. The first-order valence-electron chi connectivity index (χ1n) is 5.18. The van der Waals surface area contributed by atoms with Crippen molar-refractivity contribution in [1.82, 2.24) is 0 Å². The maximum atomic E-state index is 12.5. The molecule has 0 bridgehead atoms. The molecule has 6 heteroatoms. The maximum absolute atomic E-state index is 12.5. The van der Waals surface area contributed by atoms with Crippen LogP contribution in [0.2, 0.25) is 0 Å². The lowest BCUT2D eigenvalue weighted by atomic mass is 10.1. The summed E-state index contributed by atoms with van der Waals surface area (Å²) >= 11 is 1.12. The van der Waals surface area contributed by atoms with Crippen LogP contribution >= 0.6 is 11.8 Å². The molecule has 0 radical (unpaired) electrons. The first-order chi connectivity index (χ1) is 8.10. The third-order valence-electron chi connectivity index (χ3n) is 2.13. The topological polar surface area (TPSA) is 37.3 Å². The SMILES string of the molecule is CC(C)(CC(=O)O)Sc1cccc(C(F)(F)F)c1. The number of benzene rings is 1. The van der Waals surface area contributed by atoms with Gasteiger partial charge in [-0.3, -0.25) is 4.79 Å². The van der Waals surface area contributed by atoms with E-state index in [0.29, 0.717) is 4.90 Å². The maximum Gasteiger partial charge on any atom is 0.416 e. The Labute approximate surface area is 107 Å². The highest BCUT2D eigenvalue weighted by molar-refractivity contribution is 8.00. The van der Waals surface area contributed by atoms with Crippen molar-refractivity contribution in [3.05, 3.63) is 29.8 Å². The highest BCUT2D eigenvalue weighted by Gasteiger charge is 2.31. The van der Waals surface area contributed by atoms with E-state index >= 15 is 0 Å². The fourth-order valence-electron chi connectivity index (χ4n) is 1.46. The number of carboxylic acid groups (broad SMARTS) is 1. The lowest BCUT2D eigenvalue weighted by molar-refractivity contribution is -0.138. The highest BCUT2D eigenvalue weighted by Crippen LogP contribution is 2.38. The average Bonchev–Trinajstić information content (AvgIpc) is 2.13. The second-order valence-electron chi connectivity index (χ2n) is 4.46. The van der Waals surface area contributed by atoms with Gasteiger partial charge in [-0.15, -0.1) is 11.8 Å². The predicted molar refractivity (Wildman–Crippen MR) is 63.6 cm³/mol. The van der Waals surface area contributed by atoms with Crippen molar-refractivity contribution in [2.45, 2.75) is 36.1 Å². The van der Waals surface area contributed by atoms with Crippen LogP contribution in [0.25, 0.3) is 0 Å². The Bertz CT molecular complexity index is 441. The second kappa shape index (κ2) is 5.22. The molecule has 0 aliphatic rings. The Kier molecular flexibility index (Phi) is 4.32. The van der Waals surface area contributed by atoms with Crippen LogP contribution in [0, 0.1) is 0 Å². The molecule has 0 unspecified atom stereocenters. The van der Waals surface area contributed by atoms with Gasteiger partial charge in [0.15, 0.2) is 0 Å². The molecule has 0 saturated carbocycles. The van der Waals surface area contributed by atoms with Gasteiger partial charge in [0.25, 0.3) is 0 Å². The Balaban J connectivity index is 2.89. The first kappa shape index (κ1) is 14.9. The van der Waals surface area contributed by atoms with Gasteiger partial charge in [0.2, 0.25) is 0 Å². The lowest BCUT2D eigenvalue weighted by Crippen LogP contribution is -2.19. The molecule has 0 saturated heterocycles. The van der Waals surface area contributed by atoms with E-state index in [1.54, 1.807) is 19.9 Å². The van der Waals surface area contributed by atoms with E-state index < -0.39 is 22.5 Å². The van der Waals surface area contributed by atoms with Crippen LogP contribution in [0.3, 0.4) is 0 Å². The molecule has 0 spiro atoms. The van der Waals surface area contributed by atoms with Gasteiger partial charge < -0.3 is 5.11 Å². The summed E-state index contributed by atoms with van der Waals surface area (Å²) in [5.74, 6) is -0.973. The van der Waals surface area contributed by atoms with Gasteiger partial charge in [-0.05, 0) is 32.0 Å². The molecule has 0 aliphatic heterocycles. The van der Waals surface area contributed by atoms with Crippen molar-refractivity contribution in [3.8, 4) is 0 Å². The van der Waals surface area contributed by atoms with Gasteiger partial charge in [-0.1, -0.05) is 6.07 Å². The van der Waals surface area contributed by atoms with E-state index in [9.17, 15) is 18.0 Å². The number of aliphatic carboxylic acids is 1. The smallest absolute Gasteiger partial charge is 0.416 e. The summed E-state index contributed by atoms with van der Waals surface area (Å²) in [7, 11) is 0. The third kappa shape index (κ3) is 4.60. The third-order valence-corrected chi connectivity index (χ3v) is 3.32. The fourth-order valence-corrected chi connectivity index (χ4v) is 2.62. The largest absolute Gasteiger partial charge is 0.481 e. The summed E-state index contributed by atoms with van der Waals surface area (Å²) in [6.45, 7) is 3.37. The van der Waals surface area contributed by atoms with Gasteiger partial charge in [0.1, 0.15) is 0 Å². The molecular weight excluding hydrogens is 265 g/mol. The number of alkyl halides is 3. The number of hydrogen-bond donors (Lipinski definition) is 1. The van der Waals surface area contributed by atoms with E-state index in [1.807, 2.05) is 0 Å². The molecule has 0 atom stereocenters. The van der Waals surface area contributed by atoms with E-state index in [1.165, 1.54) is 6.07 Å². The van der Waals surface area contributed by atoms with Crippen molar-refractivity contribution in [1.29, 1.82) is 0 Å². The summed E-state index contributed by atoms with van der Waals surface area (Å²) in [5, 5.41) is 8.72. The van der Waals surface area contributed by atoms with Crippen LogP contribution in [0.4, 0.5) is 13.2 Å². The predicted octanol–water partition coefficient (Wildman–Crippen LogP) is 4.05. The number of thioether (sulfide) groups is 1. The van der Waals surface area contributed by atoms with Crippen molar-refractivity contribution in [3.63, 3.8) is 0 Å². The summed E-state index contributed by atoms with van der Waals surface area (Å²) in [6.07, 6.45) is -4.50. The molecule has 1 aromatic rings. The molecule has 0 heterocycles. The zero-order valence-corrected chi connectivity index (χ0v) is 10.7. The second-order valence-corrected chi connectivity index (χ2v) is 6.24. The number of carboxylic acids is 1. The summed E-state index contributed by atoms with van der Waals surface area (Å²) < 4.78 is 36.9. The Morgan fingerprint density at radius 1 is 1.33 bits per heavy atom. The monoisotopic (exact) mass is 278 g/mol. The van der Waals surface area contributed by atoms with Gasteiger partial charge in [-0.25, -0.2) is 0 Å². The zero-order chi connectivity index (χ0) is 14.0.